The van der Waals surface area contributed by atoms with Gasteiger partial charge in [-0.05, 0) is 31.3 Å². The van der Waals surface area contributed by atoms with Gasteiger partial charge >= 0.3 is 6.18 Å². The van der Waals surface area contributed by atoms with Crippen LogP contribution in [-0.2, 0) is 19.2 Å². The number of alkyl halides is 3. The molecule has 0 aromatic heterocycles. The van der Waals surface area contributed by atoms with E-state index in [1.165, 1.54) is 6.08 Å². The second-order valence-electron chi connectivity index (χ2n) is 7.37. The lowest BCUT2D eigenvalue weighted by molar-refractivity contribution is -0.158. The molecule has 3 N–H and O–H groups in total. The molecule has 2 aliphatic rings. The summed E-state index contributed by atoms with van der Waals surface area (Å²) in [7, 11) is 0. The summed E-state index contributed by atoms with van der Waals surface area (Å²) in [6.07, 6.45) is 0.549. The van der Waals surface area contributed by atoms with E-state index >= 15 is 0 Å². The fourth-order valence-corrected chi connectivity index (χ4v) is 3.83. The fraction of sp³-hybridized carbons (Fsp3) is 0.579. The zero-order chi connectivity index (χ0) is 21.0. The van der Waals surface area contributed by atoms with Gasteiger partial charge in [-0.1, -0.05) is 18.2 Å². The number of nitrogens with two attached hydrogens (primary N) is 1. The van der Waals surface area contributed by atoms with Crippen LogP contribution in [-0.4, -0.2) is 36.1 Å². The zero-order valence-electron chi connectivity index (χ0n) is 15.3. The molecule has 2 atom stereocenters. The topological polar surface area (TPSA) is 106 Å². The molecule has 2 rings (SSSR count). The Labute approximate surface area is 160 Å². The van der Waals surface area contributed by atoms with Crippen molar-refractivity contribution in [3.8, 4) is 0 Å². The lowest BCUT2D eigenvalue weighted by atomic mass is 9.69. The zero-order valence-corrected chi connectivity index (χ0v) is 15.3. The third-order valence-corrected chi connectivity index (χ3v) is 5.41. The molecule has 0 heterocycles. The number of carbonyl (C=O) groups is 4. The van der Waals surface area contributed by atoms with Crippen LogP contribution in [0.5, 0.6) is 0 Å². The van der Waals surface area contributed by atoms with Crippen molar-refractivity contribution in [1.82, 2.24) is 5.32 Å². The Morgan fingerprint density at radius 1 is 1.21 bits per heavy atom. The van der Waals surface area contributed by atoms with Crippen molar-refractivity contribution >= 4 is 24.4 Å². The van der Waals surface area contributed by atoms with Crippen molar-refractivity contribution in [2.24, 2.45) is 17.1 Å². The molecule has 0 aromatic carbocycles. The fourth-order valence-electron chi connectivity index (χ4n) is 3.83. The van der Waals surface area contributed by atoms with Crippen LogP contribution >= 0.6 is 0 Å². The molecule has 9 heteroatoms. The molecule has 0 aliphatic heterocycles. The van der Waals surface area contributed by atoms with Crippen molar-refractivity contribution in [1.29, 1.82) is 0 Å². The van der Waals surface area contributed by atoms with E-state index in [4.69, 9.17) is 5.73 Å². The summed E-state index contributed by atoms with van der Waals surface area (Å²) in [4.78, 5) is 46.8. The molecular weight excluding hydrogens is 377 g/mol. The maximum atomic E-state index is 12.9. The highest BCUT2D eigenvalue weighted by Gasteiger charge is 2.58. The number of hydrogen-bond acceptors (Lipinski definition) is 4. The van der Waals surface area contributed by atoms with Crippen molar-refractivity contribution in [2.45, 2.75) is 56.7 Å². The minimum Gasteiger partial charge on any atom is -0.369 e. The quantitative estimate of drug-likeness (QED) is 0.548. The molecule has 0 saturated heterocycles. The van der Waals surface area contributed by atoms with E-state index in [0.717, 1.165) is 0 Å². The average Bonchev–Trinajstić information content (AvgIpc) is 3.37. The third kappa shape index (κ3) is 4.69. The van der Waals surface area contributed by atoms with Crippen molar-refractivity contribution in [3.05, 3.63) is 23.8 Å². The molecule has 1 saturated carbocycles. The van der Waals surface area contributed by atoms with Crippen LogP contribution in [0, 0.1) is 11.3 Å². The van der Waals surface area contributed by atoms with E-state index in [-0.39, 0.29) is 38.5 Å². The molecule has 28 heavy (non-hydrogen) atoms. The first-order chi connectivity index (χ1) is 13.1. The van der Waals surface area contributed by atoms with Crippen LogP contribution < -0.4 is 11.1 Å². The first-order valence-electron chi connectivity index (χ1n) is 9.04. The van der Waals surface area contributed by atoms with Gasteiger partial charge in [0.1, 0.15) is 12.6 Å². The van der Waals surface area contributed by atoms with Crippen molar-refractivity contribution in [2.75, 3.05) is 0 Å². The normalized spacial score (nSPS) is 25.5. The highest BCUT2D eigenvalue weighted by atomic mass is 19.4. The molecule has 6 nitrogen and oxygen atoms in total. The molecule has 2 amide bonds. The van der Waals surface area contributed by atoms with E-state index in [2.05, 4.69) is 5.32 Å². The second-order valence-corrected chi connectivity index (χ2v) is 7.37. The highest BCUT2D eigenvalue weighted by Crippen LogP contribution is 2.54. The molecule has 0 aromatic rings. The van der Waals surface area contributed by atoms with Gasteiger partial charge in [-0.15, -0.1) is 0 Å². The Bertz CT molecular complexity index is 710. The molecule has 0 bridgehead atoms. The molecule has 0 radical (unpaired) electrons. The lowest BCUT2D eigenvalue weighted by Crippen LogP contribution is -2.60. The Hall–Kier alpha value is -2.45. The summed E-state index contributed by atoms with van der Waals surface area (Å²) in [5.41, 5.74) is 3.00. The Morgan fingerprint density at radius 3 is 2.36 bits per heavy atom. The Kier molecular flexibility index (Phi) is 6.46. The minimum atomic E-state index is -4.50. The summed E-state index contributed by atoms with van der Waals surface area (Å²) in [5.74, 6) is -2.63. The van der Waals surface area contributed by atoms with E-state index in [9.17, 15) is 32.3 Å². The van der Waals surface area contributed by atoms with Crippen molar-refractivity contribution < 1.29 is 32.3 Å². The lowest BCUT2D eigenvalue weighted by Gasteiger charge is -2.43. The van der Waals surface area contributed by atoms with Gasteiger partial charge < -0.3 is 20.6 Å². The maximum Gasteiger partial charge on any atom is 0.390 e. The predicted octanol–water partition coefficient (Wildman–Crippen LogP) is 2.13. The van der Waals surface area contributed by atoms with Crippen molar-refractivity contribution in [3.63, 3.8) is 0 Å². The second kappa shape index (κ2) is 8.28. The minimum absolute atomic E-state index is 0.00697. The Morgan fingerprint density at radius 2 is 1.86 bits per heavy atom. The molecule has 154 valence electrons. The largest absolute Gasteiger partial charge is 0.390 e. The summed E-state index contributed by atoms with van der Waals surface area (Å²) in [5, 5.41) is 2.65. The SMILES string of the molecule is NC(=O)C1C=CC=C(CCC=O)C1(CCC=O)NC(=O)C1(CC(F)(F)F)CC1. The summed E-state index contributed by atoms with van der Waals surface area (Å²) >= 11 is 0. The summed E-state index contributed by atoms with van der Waals surface area (Å²) < 4.78 is 38.7. The molecule has 1 fully saturated rings. The number of primary amides is 1. The van der Waals surface area contributed by atoms with Gasteiger partial charge in [0, 0.05) is 12.8 Å². The molecular formula is C19H23F3N2O4. The number of allylic oxidation sites excluding steroid dienone is 2. The van der Waals surface area contributed by atoms with Gasteiger partial charge in [0.15, 0.2) is 0 Å². The predicted molar refractivity (Wildman–Crippen MR) is 93.7 cm³/mol. The van der Waals surface area contributed by atoms with Gasteiger partial charge in [-0.3, -0.25) is 9.59 Å². The average molecular weight is 400 g/mol. The molecule has 2 aliphatic carbocycles. The van der Waals surface area contributed by atoms with Crippen LogP contribution in [0.25, 0.3) is 0 Å². The number of hydrogen-bond donors (Lipinski definition) is 2. The number of carbonyl (C=O) groups excluding carboxylic acids is 4. The highest BCUT2D eigenvalue weighted by molar-refractivity contribution is 5.89. The number of halogens is 3. The van der Waals surface area contributed by atoms with Crippen LogP contribution in [0.2, 0.25) is 0 Å². The van der Waals surface area contributed by atoms with Gasteiger partial charge in [0.05, 0.1) is 23.3 Å². The van der Waals surface area contributed by atoms with Gasteiger partial charge in [0.25, 0.3) is 0 Å². The number of rotatable bonds is 10. The van der Waals surface area contributed by atoms with E-state index in [1.54, 1.807) is 12.2 Å². The molecule has 0 spiro atoms. The number of nitrogens with one attached hydrogen (secondary N) is 1. The smallest absolute Gasteiger partial charge is 0.369 e. The van der Waals surface area contributed by atoms with Gasteiger partial charge in [-0.25, -0.2) is 0 Å². The first kappa shape index (κ1) is 21.8. The van der Waals surface area contributed by atoms with Gasteiger partial charge in [-0.2, -0.15) is 13.2 Å². The van der Waals surface area contributed by atoms with Crippen LogP contribution in [0.4, 0.5) is 13.2 Å². The van der Waals surface area contributed by atoms with E-state index < -0.39 is 41.3 Å². The summed E-state index contributed by atoms with van der Waals surface area (Å²) in [6.45, 7) is 0. The monoisotopic (exact) mass is 400 g/mol. The Balaban J connectivity index is 2.41. The summed E-state index contributed by atoms with van der Waals surface area (Å²) in [6, 6.07) is 0. The van der Waals surface area contributed by atoms with E-state index in [1.807, 2.05) is 0 Å². The number of aldehydes is 2. The van der Waals surface area contributed by atoms with E-state index in [0.29, 0.717) is 18.1 Å². The molecule has 2 unspecified atom stereocenters. The van der Waals surface area contributed by atoms with Crippen LogP contribution in [0.3, 0.4) is 0 Å². The third-order valence-electron chi connectivity index (χ3n) is 5.41. The maximum absolute atomic E-state index is 12.9. The number of amides is 2. The first-order valence-corrected chi connectivity index (χ1v) is 9.04. The standard InChI is InChI=1S/C19H23F3N2O4/c20-19(21,22)12-17(8-9-17)16(28)24-18(7-3-11-26)13(5-2-10-25)4-1-6-14(18)15(23)27/h1,4,6,10-11,14H,2-3,5,7-9,12H2,(H2,23,27)(H,24,28). The van der Waals surface area contributed by atoms with Gasteiger partial charge in [0.2, 0.25) is 11.8 Å². The van der Waals surface area contributed by atoms with Crippen LogP contribution in [0.1, 0.15) is 44.9 Å². The van der Waals surface area contributed by atoms with Crippen LogP contribution in [0.15, 0.2) is 23.8 Å².